The van der Waals surface area contributed by atoms with E-state index in [1.54, 1.807) is 19.2 Å². The average molecular weight is 414 g/mol. The van der Waals surface area contributed by atoms with E-state index in [1.807, 2.05) is 48.5 Å². The highest BCUT2D eigenvalue weighted by molar-refractivity contribution is 6.05. The Morgan fingerprint density at radius 2 is 1.87 bits per heavy atom. The number of nitrogens with one attached hydrogen (secondary N) is 1. The number of rotatable bonds is 5. The molecule has 0 bridgehead atoms. The van der Waals surface area contributed by atoms with Gasteiger partial charge in [0.15, 0.2) is 22.9 Å². The molecule has 1 N–H and O–H groups in total. The third-order valence-electron chi connectivity index (χ3n) is 5.45. The number of methoxy groups -OCH3 is 1. The standard InChI is InChI=1S/C24H22N4O3/c1-30-20-9-5-7-17-15-21(31-23(17)20)24(29)25-18-8-4-6-16(14-18)19-10-11-22(27-26-19)28-12-2-3-13-28/h4-11,14-15H,2-3,12-13H2,1H3,(H,25,29). The van der Waals surface area contributed by atoms with E-state index in [4.69, 9.17) is 9.15 Å². The van der Waals surface area contributed by atoms with Crippen LogP contribution in [0.4, 0.5) is 11.5 Å². The van der Waals surface area contributed by atoms with Gasteiger partial charge < -0.3 is 19.4 Å². The molecule has 156 valence electrons. The minimum Gasteiger partial charge on any atom is -0.493 e. The third-order valence-corrected chi connectivity index (χ3v) is 5.45. The van der Waals surface area contributed by atoms with Crippen LogP contribution in [0.5, 0.6) is 5.75 Å². The first-order chi connectivity index (χ1) is 15.2. The van der Waals surface area contributed by atoms with E-state index in [2.05, 4.69) is 20.4 Å². The lowest BCUT2D eigenvalue weighted by atomic mass is 10.1. The molecule has 7 heteroatoms. The quantitative estimate of drug-likeness (QED) is 0.508. The fourth-order valence-corrected chi connectivity index (χ4v) is 3.85. The third kappa shape index (κ3) is 3.82. The highest BCUT2D eigenvalue weighted by Gasteiger charge is 2.16. The monoisotopic (exact) mass is 414 g/mol. The second-order valence-corrected chi connectivity index (χ2v) is 7.50. The summed E-state index contributed by atoms with van der Waals surface area (Å²) >= 11 is 0. The summed E-state index contributed by atoms with van der Waals surface area (Å²) in [5, 5.41) is 12.5. The van der Waals surface area contributed by atoms with Gasteiger partial charge in [-0.3, -0.25) is 4.79 Å². The number of fused-ring (bicyclic) bond motifs is 1. The number of hydrogen-bond donors (Lipinski definition) is 1. The first kappa shape index (κ1) is 19.1. The van der Waals surface area contributed by atoms with Crippen molar-refractivity contribution in [2.45, 2.75) is 12.8 Å². The lowest BCUT2D eigenvalue weighted by molar-refractivity contribution is 0.0998. The molecule has 7 nitrogen and oxygen atoms in total. The molecule has 2 aromatic heterocycles. The van der Waals surface area contributed by atoms with Crippen molar-refractivity contribution in [1.29, 1.82) is 0 Å². The van der Waals surface area contributed by atoms with Gasteiger partial charge in [0.2, 0.25) is 0 Å². The predicted molar refractivity (Wildman–Crippen MR) is 120 cm³/mol. The molecule has 0 spiro atoms. The molecule has 31 heavy (non-hydrogen) atoms. The number of benzene rings is 2. The number of aromatic nitrogens is 2. The zero-order valence-corrected chi connectivity index (χ0v) is 17.2. The van der Waals surface area contributed by atoms with Crippen molar-refractivity contribution in [2.24, 2.45) is 0 Å². The van der Waals surface area contributed by atoms with Crippen LogP contribution >= 0.6 is 0 Å². The van der Waals surface area contributed by atoms with Crippen molar-refractivity contribution in [1.82, 2.24) is 10.2 Å². The number of para-hydroxylation sites is 1. The molecular formula is C24H22N4O3. The molecule has 1 aliphatic rings. The number of ether oxygens (including phenoxy) is 1. The van der Waals surface area contributed by atoms with Crippen molar-refractivity contribution in [3.63, 3.8) is 0 Å². The number of carbonyl (C=O) groups excluding carboxylic acids is 1. The first-order valence-electron chi connectivity index (χ1n) is 10.3. The van der Waals surface area contributed by atoms with E-state index in [0.29, 0.717) is 17.0 Å². The van der Waals surface area contributed by atoms with Gasteiger partial charge in [0, 0.05) is 29.7 Å². The number of furan rings is 1. The fourth-order valence-electron chi connectivity index (χ4n) is 3.85. The average Bonchev–Trinajstić information content (AvgIpc) is 3.49. The van der Waals surface area contributed by atoms with Crippen LogP contribution in [0.3, 0.4) is 0 Å². The summed E-state index contributed by atoms with van der Waals surface area (Å²) in [6, 6.07) is 18.7. The molecule has 0 radical (unpaired) electrons. The van der Waals surface area contributed by atoms with Crippen molar-refractivity contribution in [3.05, 3.63) is 66.4 Å². The van der Waals surface area contributed by atoms with E-state index >= 15 is 0 Å². The van der Waals surface area contributed by atoms with E-state index in [9.17, 15) is 4.79 Å². The van der Waals surface area contributed by atoms with Crippen LogP contribution in [0.15, 0.2) is 65.1 Å². The Morgan fingerprint density at radius 1 is 1.03 bits per heavy atom. The van der Waals surface area contributed by atoms with Gasteiger partial charge in [-0.05, 0) is 49.2 Å². The number of amides is 1. The minimum absolute atomic E-state index is 0.222. The summed E-state index contributed by atoms with van der Waals surface area (Å²) in [5.74, 6) is 1.39. The van der Waals surface area contributed by atoms with Crippen LogP contribution in [-0.2, 0) is 0 Å². The molecule has 4 aromatic rings. The molecule has 1 saturated heterocycles. The molecule has 1 amide bonds. The van der Waals surface area contributed by atoms with Gasteiger partial charge in [-0.2, -0.15) is 0 Å². The molecule has 0 saturated carbocycles. The van der Waals surface area contributed by atoms with Crippen LogP contribution in [0.1, 0.15) is 23.4 Å². The predicted octanol–water partition coefficient (Wildman–Crippen LogP) is 4.75. The normalized spacial score (nSPS) is 13.5. The van der Waals surface area contributed by atoms with Crippen LogP contribution in [0, 0.1) is 0 Å². The molecular weight excluding hydrogens is 392 g/mol. The molecule has 2 aromatic carbocycles. The minimum atomic E-state index is -0.328. The molecule has 0 unspecified atom stereocenters. The van der Waals surface area contributed by atoms with Gasteiger partial charge in [0.1, 0.15) is 0 Å². The van der Waals surface area contributed by atoms with Gasteiger partial charge >= 0.3 is 0 Å². The van der Waals surface area contributed by atoms with E-state index in [-0.39, 0.29) is 11.7 Å². The van der Waals surface area contributed by atoms with Crippen LogP contribution in [0.2, 0.25) is 0 Å². The Labute approximate surface area is 179 Å². The molecule has 0 atom stereocenters. The summed E-state index contributed by atoms with van der Waals surface area (Å²) < 4.78 is 11.0. The Kier molecular flexibility index (Phi) is 5.00. The van der Waals surface area contributed by atoms with E-state index in [0.717, 1.165) is 35.6 Å². The smallest absolute Gasteiger partial charge is 0.291 e. The molecule has 0 aliphatic carbocycles. The van der Waals surface area contributed by atoms with Gasteiger partial charge in [-0.15, -0.1) is 10.2 Å². The first-order valence-corrected chi connectivity index (χ1v) is 10.3. The lowest BCUT2D eigenvalue weighted by Gasteiger charge is -2.15. The maximum absolute atomic E-state index is 12.7. The number of carbonyl (C=O) groups is 1. The summed E-state index contributed by atoms with van der Waals surface area (Å²) in [6.07, 6.45) is 2.40. The van der Waals surface area contributed by atoms with Crippen molar-refractivity contribution < 1.29 is 13.9 Å². The zero-order valence-electron chi connectivity index (χ0n) is 17.2. The second-order valence-electron chi connectivity index (χ2n) is 7.50. The number of hydrogen-bond acceptors (Lipinski definition) is 6. The summed E-state index contributed by atoms with van der Waals surface area (Å²) in [6.45, 7) is 2.06. The lowest BCUT2D eigenvalue weighted by Crippen LogP contribution is -2.19. The van der Waals surface area contributed by atoms with E-state index < -0.39 is 0 Å². The molecule has 3 heterocycles. The van der Waals surface area contributed by atoms with Gasteiger partial charge in [-0.25, -0.2) is 0 Å². The van der Waals surface area contributed by atoms with Crippen molar-refractivity contribution in [3.8, 4) is 17.0 Å². The summed E-state index contributed by atoms with van der Waals surface area (Å²) in [4.78, 5) is 15.0. The topological polar surface area (TPSA) is 80.5 Å². The molecule has 1 aliphatic heterocycles. The highest BCUT2D eigenvalue weighted by atomic mass is 16.5. The Balaban J connectivity index is 1.35. The Hall–Kier alpha value is -3.87. The largest absolute Gasteiger partial charge is 0.493 e. The van der Waals surface area contributed by atoms with Crippen LogP contribution in [0.25, 0.3) is 22.2 Å². The maximum Gasteiger partial charge on any atom is 0.291 e. The summed E-state index contributed by atoms with van der Waals surface area (Å²) in [7, 11) is 1.57. The second kappa shape index (κ2) is 8.10. The number of anilines is 2. The maximum atomic E-state index is 12.7. The Bertz CT molecular complexity index is 1230. The SMILES string of the molecule is COc1cccc2cc(C(=O)Nc3cccc(-c4ccc(N5CCCC5)nn4)c3)oc12. The summed E-state index contributed by atoms with van der Waals surface area (Å²) in [5.41, 5.74) is 2.84. The fraction of sp³-hybridized carbons (Fsp3) is 0.208. The highest BCUT2D eigenvalue weighted by Crippen LogP contribution is 2.29. The van der Waals surface area contributed by atoms with Gasteiger partial charge in [-0.1, -0.05) is 24.3 Å². The number of nitrogens with zero attached hydrogens (tertiary/aromatic N) is 3. The Morgan fingerprint density at radius 3 is 2.65 bits per heavy atom. The molecule has 1 fully saturated rings. The van der Waals surface area contributed by atoms with Crippen LogP contribution in [-0.4, -0.2) is 36.3 Å². The van der Waals surface area contributed by atoms with Crippen LogP contribution < -0.4 is 15.0 Å². The van der Waals surface area contributed by atoms with E-state index in [1.165, 1.54) is 12.8 Å². The zero-order chi connectivity index (χ0) is 21.2. The van der Waals surface area contributed by atoms with Gasteiger partial charge in [0.05, 0.1) is 12.8 Å². The van der Waals surface area contributed by atoms with Gasteiger partial charge in [0.25, 0.3) is 5.91 Å². The van der Waals surface area contributed by atoms with Crippen molar-refractivity contribution >= 4 is 28.4 Å². The molecule has 5 rings (SSSR count). The van der Waals surface area contributed by atoms with Crippen molar-refractivity contribution in [2.75, 3.05) is 30.4 Å².